The number of thioether (sulfide) groups is 1. The molecule has 0 fully saturated rings. The van der Waals surface area contributed by atoms with E-state index < -0.39 is 0 Å². The van der Waals surface area contributed by atoms with Crippen molar-refractivity contribution in [3.8, 4) is 11.8 Å². The summed E-state index contributed by atoms with van der Waals surface area (Å²) >= 11 is 1.44. The van der Waals surface area contributed by atoms with Gasteiger partial charge < -0.3 is 10.5 Å². The molecular formula is C11H14N2OS. The number of nitrogens with zero attached hydrogens (tertiary/aromatic N) is 1. The summed E-state index contributed by atoms with van der Waals surface area (Å²) in [5.41, 5.74) is 6.49. The first-order valence-electron chi connectivity index (χ1n) is 4.76. The number of hydrogen-bond acceptors (Lipinski definition) is 4. The highest BCUT2D eigenvalue weighted by molar-refractivity contribution is 8.00. The van der Waals surface area contributed by atoms with Gasteiger partial charge in [0.1, 0.15) is 5.75 Å². The fourth-order valence-corrected chi connectivity index (χ4v) is 1.91. The first kappa shape index (κ1) is 11.7. The first-order valence-corrected chi connectivity index (χ1v) is 5.64. The quantitative estimate of drug-likeness (QED) is 0.628. The Morgan fingerprint density at radius 2 is 2.33 bits per heavy atom. The molecule has 0 aliphatic heterocycles. The minimum absolute atomic E-state index is 0.107. The summed E-state index contributed by atoms with van der Waals surface area (Å²) in [6, 6.07) is 7.67. The van der Waals surface area contributed by atoms with Crippen LogP contribution in [-0.4, -0.2) is 11.9 Å². The first-order chi connectivity index (χ1) is 7.17. The molecule has 0 aromatic heterocycles. The zero-order valence-corrected chi connectivity index (χ0v) is 9.67. The minimum atomic E-state index is -0.107. The van der Waals surface area contributed by atoms with Crippen molar-refractivity contribution in [2.45, 2.75) is 24.0 Å². The Bertz CT molecular complexity index is 373. The molecule has 0 bridgehead atoms. The van der Waals surface area contributed by atoms with Crippen LogP contribution >= 0.6 is 11.8 Å². The molecule has 1 unspecified atom stereocenters. The van der Waals surface area contributed by atoms with Crippen molar-refractivity contribution in [3.63, 3.8) is 0 Å². The van der Waals surface area contributed by atoms with Crippen LogP contribution in [-0.2, 0) is 0 Å². The second-order valence-corrected chi connectivity index (χ2v) is 4.40. The molecule has 0 saturated carbocycles. The highest BCUT2D eigenvalue weighted by Gasteiger charge is 2.07. The number of nitriles is 1. The van der Waals surface area contributed by atoms with Crippen molar-refractivity contribution in [2.24, 2.45) is 0 Å². The molecule has 0 aliphatic rings. The van der Waals surface area contributed by atoms with E-state index in [2.05, 4.69) is 6.07 Å². The molecule has 4 heteroatoms. The van der Waals surface area contributed by atoms with Crippen molar-refractivity contribution < 1.29 is 4.74 Å². The lowest BCUT2D eigenvalue weighted by molar-refractivity contribution is 0.339. The van der Waals surface area contributed by atoms with E-state index in [1.54, 1.807) is 6.07 Å². The van der Waals surface area contributed by atoms with Crippen LogP contribution in [0.2, 0.25) is 0 Å². The maximum atomic E-state index is 8.72. The smallest absolute Gasteiger partial charge is 0.120 e. The summed E-state index contributed by atoms with van der Waals surface area (Å²) in [6.45, 7) is 4.40. The van der Waals surface area contributed by atoms with Gasteiger partial charge in [0, 0.05) is 10.6 Å². The molecule has 0 aliphatic carbocycles. The van der Waals surface area contributed by atoms with Crippen molar-refractivity contribution in [3.05, 3.63) is 18.2 Å². The van der Waals surface area contributed by atoms with Crippen LogP contribution in [0.4, 0.5) is 5.69 Å². The molecule has 0 heterocycles. The molecule has 2 N–H and O–H groups in total. The van der Waals surface area contributed by atoms with Gasteiger partial charge in [0.2, 0.25) is 0 Å². The molecule has 15 heavy (non-hydrogen) atoms. The van der Waals surface area contributed by atoms with Crippen molar-refractivity contribution in [2.75, 3.05) is 12.3 Å². The number of hydrogen-bond donors (Lipinski definition) is 1. The highest BCUT2D eigenvalue weighted by Crippen LogP contribution is 2.31. The minimum Gasteiger partial charge on any atom is -0.494 e. The number of benzene rings is 1. The van der Waals surface area contributed by atoms with Crippen LogP contribution in [0.1, 0.15) is 13.8 Å². The van der Waals surface area contributed by atoms with Crippen molar-refractivity contribution >= 4 is 17.4 Å². The lowest BCUT2D eigenvalue weighted by Crippen LogP contribution is -1.96. The molecule has 0 radical (unpaired) electrons. The van der Waals surface area contributed by atoms with Gasteiger partial charge in [0.05, 0.1) is 17.9 Å². The fourth-order valence-electron chi connectivity index (χ4n) is 1.09. The summed E-state index contributed by atoms with van der Waals surface area (Å²) < 4.78 is 5.36. The lowest BCUT2D eigenvalue weighted by Gasteiger charge is -2.09. The molecular weight excluding hydrogens is 208 g/mol. The van der Waals surface area contributed by atoms with E-state index in [4.69, 9.17) is 15.7 Å². The lowest BCUT2D eigenvalue weighted by atomic mass is 10.3. The maximum absolute atomic E-state index is 8.72. The van der Waals surface area contributed by atoms with E-state index in [1.165, 1.54) is 11.8 Å². The topological polar surface area (TPSA) is 59.0 Å². The Morgan fingerprint density at radius 3 is 2.93 bits per heavy atom. The Morgan fingerprint density at radius 1 is 1.60 bits per heavy atom. The van der Waals surface area contributed by atoms with Gasteiger partial charge in [-0.2, -0.15) is 5.26 Å². The molecule has 0 spiro atoms. The van der Waals surface area contributed by atoms with E-state index in [9.17, 15) is 0 Å². The van der Waals surface area contributed by atoms with Gasteiger partial charge in [-0.1, -0.05) is 0 Å². The van der Waals surface area contributed by atoms with E-state index in [1.807, 2.05) is 26.0 Å². The monoisotopic (exact) mass is 222 g/mol. The zero-order valence-electron chi connectivity index (χ0n) is 8.86. The van der Waals surface area contributed by atoms with Gasteiger partial charge in [-0.05, 0) is 32.0 Å². The Labute approximate surface area is 94.2 Å². The molecule has 1 aromatic carbocycles. The molecule has 0 saturated heterocycles. The van der Waals surface area contributed by atoms with Crippen molar-refractivity contribution in [1.82, 2.24) is 0 Å². The summed E-state index contributed by atoms with van der Waals surface area (Å²) in [7, 11) is 0. The van der Waals surface area contributed by atoms with Crippen LogP contribution in [0, 0.1) is 11.3 Å². The highest BCUT2D eigenvalue weighted by atomic mass is 32.2. The van der Waals surface area contributed by atoms with Gasteiger partial charge in [-0.3, -0.25) is 0 Å². The molecule has 1 rings (SSSR count). The molecule has 80 valence electrons. The zero-order chi connectivity index (χ0) is 11.3. The third kappa shape index (κ3) is 3.37. The molecule has 1 aromatic rings. The van der Waals surface area contributed by atoms with Crippen LogP contribution < -0.4 is 10.5 Å². The summed E-state index contributed by atoms with van der Waals surface area (Å²) in [5, 5.41) is 8.61. The Kier molecular flexibility index (Phi) is 4.32. The third-order valence-corrected chi connectivity index (χ3v) is 2.85. The SMILES string of the molecule is CCOc1ccc(N)c(SC(C)C#N)c1. The van der Waals surface area contributed by atoms with Gasteiger partial charge in [-0.25, -0.2) is 0 Å². The van der Waals surface area contributed by atoms with Crippen LogP contribution in [0.25, 0.3) is 0 Å². The normalized spacial score (nSPS) is 11.8. The number of nitrogens with two attached hydrogens (primary N) is 1. The average molecular weight is 222 g/mol. The van der Waals surface area contributed by atoms with Crippen molar-refractivity contribution in [1.29, 1.82) is 5.26 Å². The van der Waals surface area contributed by atoms with Gasteiger partial charge in [-0.15, -0.1) is 11.8 Å². The van der Waals surface area contributed by atoms with Gasteiger partial charge >= 0.3 is 0 Å². The summed E-state index contributed by atoms with van der Waals surface area (Å²) in [4.78, 5) is 0.898. The average Bonchev–Trinajstić information content (AvgIpc) is 2.23. The van der Waals surface area contributed by atoms with Crippen LogP contribution in [0.15, 0.2) is 23.1 Å². The molecule has 3 nitrogen and oxygen atoms in total. The maximum Gasteiger partial charge on any atom is 0.120 e. The molecule has 1 atom stereocenters. The van der Waals surface area contributed by atoms with Gasteiger partial charge in [0.15, 0.2) is 0 Å². The van der Waals surface area contributed by atoms with E-state index in [0.29, 0.717) is 12.3 Å². The van der Waals surface area contributed by atoms with Gasteiger partial charge in [0.25, 0.3) is 0 Å². The van der Waals surface area contributed by atoms with Crippen LogP contribution in [0.3, 0.4) is 0 Å². The predicted octanol–water partition coefficient (Wildman–Crippen LogP) is 2.67. The standard InChI is InChI=1S/C11H14N2OS/c1-3-14-9-4-5-10(13)11(6-9)15-8(2)7-12/h4-6,8H,3,13H2,1-2H3. The number of anilines is 1. The largest absolute Gasteiger partial charge is 0.494 e. The number of rotatable bonds is 4. The van der Waals surface area contributed by atoms with E-state index in [-0.39, 0.29) is 5.25 Å². The summed E-state index contributed by atoms with van der Waals surface area (Å²) in [6.07, 6.45) is 0. The Balaban J connectivity index is 2.86. The van der Waals surface area contributed by atoms with E-state index >= 15 is 0 Å². The third-order valence-electron chi connectivity index (χ3n) is 1.78. The fraction of sp³-hybridized carbons (Fsp3) is 0.364. The number of ether oxygens (including phenoxy) is 1. The van der Waals surface area contributed by atoms with E-state index in [0.717, 1.165) is 10.6 Å². The Hall–Kier alpha value is -1.34. The second-order valence-electron chi connectivity index (χ2n) is 3.02. The number of nitrogen functional groups attached to an aromatic ring is 1. The van der Waals surface area contributed by atoms with Crippen LogP contribution in [0.5, 0.6) is 5.75 Å². The second kappa shape index (κ2) is 5.52. The molecule has 0 amide bonds. The summed E-state index contributed by atoms with van der Waals surface area (Å²) in [5.74, 6) is 0.791. The predicted molar refractivity (Wildman–Crippen MR) is 63.0 cm³/mol.